The van der Waals surface area contributed by atoms with Crippen LogP contribution in [-0.4, -0.2) is 39.6 Å². The summed E-state index contributed by atoms with van der Waals surface area (Å²) in [6.45, 7) is 1.87. The number of fused-ring (bicyclic) bond motifs is 1. The molecule has 7 nitrogen and oxygen atoms in total. The van der Waals surface area contributed by atoms with Gasteiger partial charge in [-0.2, -0.15) is 0 Å². The van der Waals surface area contributed by atoms with E-state index in [2.05, 4.69) is 32.4 Å². The Morgan fingerprint density at radius 1 is 1.03 bits per heavy atom. The Morgan fingerprint density at radius 2 is 1.73 bits per heavy atom. The lowest BCUT2D eigenvalue weighted by atomic mass is 10.1. The predicted octanol–water partition coefficient (Wildman–Crippen LogP) is 4.10. The summed E-state index contributed by atoms with van der Waals surface area (Å²) in [5, 5.41) is 11.8. The molecule has 4 aromatic rings. The van der Waals surface area contributed by atoms with Gasteiger partial charge in [-0.05, 0) is 43.4 Å². The highest BCUT2D eigenvalue weighted by molar-refractivity contribution is 7.15. The van der Waals surface area contributed by atoms with Crippen molar-refractivity contribution in [2.45, 2.75) is 13.0 Å². The van der Waals surface area contributed by atoms with Crippen LogP contribution in [0, 0.1) is 0 Å². The molecular weight excluding hydrogens is 398 g/mol. The Kier molecular flexibility index (Phi) is 4.86. The van der Waals surface area contributed by atoms with Crippen molar-refractivity contribution in [1.82, 2.24) is 20.1 Å². The zero-order valence-electron chi connectivity index (χ0n) is 16.3. The summed E-state index contributed by atoms with van der Waals surface area (Å²) < 4.78 is 5.77. The van der Waals surface area contributed by atoms with Gasteiger partial charge in [0.05, 0.1) is 5.69 Å². The van der Waals surface area contributed by atoms with Crippen molar-refractivity contribution in [1.29, 1.82) is 0 Å². The number of hydrogen-bond acceptors (Lipinski definition) is 7. The molecular formula is C22H19N5O2S. The van der Waals surface area contributed by atoms with Crippen molar-refractivity contribution >= 4 is 22.4 Å². The smallest absolute Gasteiger partial charge is 0.257 e. The molecule has 0 saturated carbocycles. The number of carbonyl (C=O) groups excluding carboxylic acids is 1. The first-order chi connectivity index (χ1) is 14.7. The molecule has 0 aliphatic carbocycles. The van der Waals surface area contributed by atoms with E-state index in [9.17, 15) is 4.79 Å². The first-order valence-corrected chi connectivity index (χ1v) is 10.5. The van der Waals surface area contributed by atoms with E-state index >= 15 is 0 Å². The van der Waals surface area contributed by atoms with Crippen molar-refractivity contribution < 1.29 is 9.21 Å². The Labute approximate surface area is 177 Å². The van der Waals surface area contributed by atoms with Crippen LogP contribution < -0.4 is 5.32 Å². The molecule has 0 saturated heterocycles. The van der Waals surface area contributed by atoms with E-state index in [1.807, 2.05) is 30.3 Å². The number of aromatic nitrogens is 3. The highest BCUT2D eigenvalue weighted by atomic mass is 32.1. The molecule has 1 amide bonds. The number of carbonyl (C=O) groups is 1. The van der Waals surface area contributed by atoms with E-state index in [1.54, 1.807) is 35.6 Å². The molecule has 0 unspecified atom stereocenters. The predicted molar refractivity (Wildman–Crippen MR) is 115 cm³/mol. The summed E-state index contributed by atoms with van der Waals surface area (Å²) in [5.41, 5.74) is 3.26. The fourth-order valence-corrected chi connectivity index (χ4v) is 4.43. The lowest BCUT2D eigenvalue weighted by Gasteiger charge is -2.20. The topological polar surface area (TPSA) is 84.2 Å². The van der Waals surface area contributed by atoms with Gasteiger partial charge in [-0.1, -0.05) is 18.2 Å². The molecule has 3 heterocycles. The van der Waals surface area contributed by atoms with E-state index in [-0.39, 0.29) is 5.91 Å². The van der Waals surface area contributed by atoms with Gasteiger partial charge >= 0.3 is 0 Å². The second-order valence-corrected chi connectivity index (χ2v) is 8.27. The van der Waals surface area contributed by atoms with Gasteiger partial charge in [0.15, 0.2) is 5.13 Å². The first kappa shape index (κ1) is 18.7. The van der Waals surface area contributed by atoms with Crippen LogP contribution in [0.4, 0.5) is 5.13 Å². The lowest BCUT2D eigenvalue weighted by molar-refractivity contribution is 0.102. The van der Waals surface area contributed by atoms with Crippen molar-refractivity contribution in [3.05, 3.63) is 70.7 Å². The molecule has 0 radical (unpaired) electrons. The fourth-order valence-electron chi connectivity index (χ4n) is 3.35. The molecule has 150 valence electrons. The van der Waals surface area contributed by atoms with Crippen LogP contribution in [0.1, 0.15) is 20.9 Å². The van der Waals surface area contributed by atoms with Crippen molar-refractivity contribution in [3.63, 3.8) is 0 Å². The molecule has 0 bridgehead atoms. The van der Waals surface area contributed by atoms with Crippen LogP contribution >= 0.6 is 11.3 Å². The molecule has 1 N–H and O–H groups in total. The van der Waals surface area contributed by atoms with Gasteiger partial charge < -0.3 is 9.32 Å². The summed E-state index contributed by atoms with van der Waals surface area (Å²) in [6, 6.07) is 16.7. The Morgan fingerprint density at radius 3 is 2.47 bits per heavy atom. The summed E-state index contributed by atoms with van der Waals surface area (Å²) in [7, 11) is 2.09. The van der Waals surface area contributed by atoms with Crippen LogP contribution in [-0.2, 0) is 13.0 Å². The number of benzene rings is 2. The van der Waals surface area contributed by atoms with E-state index in [4.69, 9.17) is 4.42 Å². The number of amides is 1. The first-order valence-electron chi connectivity index (χ1n) is 9.63. The molecule has 2 aromatic heterocycles. The van der Waals surface area contributed by atoms with Gasteiger partial charge in [0, 0.05) is 41.1 Å². The average molecular weight is 417 g/mol. The van der Waals surface area contributed by atoms with E-state index in [1.165, 1.54) is 4.88 Å². The number of nitrogens with zero attached hydrogens (tertiary/aromatic N) is 4. The highest BCUT2D eigenvalue weighted by Crippen LogP contribution is 2.28. The van der Waals surface area contributed by atoms with Gasteiger partial charge in [0.2, 0.25) is 11.8 Å². The molecule has 0 fully saturated rings. The molecule has 0 spiro atoms. The van der Waals surface area contributed by atoms with Gasteiger partial charge in [-0.15, -0.1) is 21.5 Å². The fraction of sp³-hybridized carbons (Fsp3) is 0.182. The van der Waals surface area contributed by atoms with Crippen LogP contribution in [0.25, 0.3) is 22.9 Å². The maximum absolute atomic E-state index is 12.6. The number of nitrogens with one attached hydrogen (secondary N) is 1. The summed E-state index contributed by atoms with van der Waals surface area (Å²) in [4.78, 5) is 20.7. The zero-order chi connectivity index (χ0) is 20.5. The molecule has 1 aliphatic rings. The number of likely N-dealkylation sites (N-methyl/N-ethyl adjacent to an activating group) is 1. The second-order valence-electron chi connectivity index (χ2n) is 7.19. The van der Waals surface area contributed by atoms with Crippen molar-refractivity contribution in [2.75, 3.05) is 18.9 Å². The van der Waals surface area contributed by atoms with Crippen LogP contribution in [0.5, 0.6) is 0 Å². The largest absolute Gasteiger partial charge is 0.416 e. The zero-order valence-corrected chi connectivity index (χ0v) is 17.1. The van der Waals surface area contributed by atoms with Crippen LogP contribution in [0.2, 0.25) is 0 Å². The third-order valence-corrected chi connectivity index (χ3v) is 5.98. The van der Waals surface area contributed by atoms with E-state index in [0.29, 0.717) is 22.5 Å². The molecule has 0 atom stereocenters. The van der Waals surface area contributed by atoms with Crippen LogP contribution in [0.15, 0.2) is 59.0 Å². The lowest BCUT2D eigenvalue weighted by Crippen LogP contribution is -2.25. The van der Waals surface area contributed by atoms with E-state index in [0.717, 1.165) is 36.3 Å². The molecule has 2 aromatic carbocycles. The maximum atomic E-state index is 12.6. The highest BCUT2D eigenvalue weighted by Gasteiger charge is 2.19. The molecule has 1 aliphatic heterocycles. The number of hydrogen-bond donors (Lipinski definition) is 1. The summed E-state index contributed by atoms with van der Waals surface area (Å²) in [5.74, 6) is 0.694. The molecule has 5 rings (SSSR count). The third-order valence-electron chi connectivity index (χ3n) is 4.98. The molecule has 8 heteroatoms. The van der Waals surface area contributed by atoms with Crippen LogP contribution in [0.3, 0.4) is 0 Å². The van der Waals surface area contributed by atoms with Gasteiger partial charge in [0.1, 0.15) is 0 Å². The average Bonchev–Trinajstić information content (AvgIpc) is 3.41. The normalized spacial score (nSPS) is 13.8. The Balaban J connectivity index is 1.29. The quantitative estimate of drug-likeness (QED) is 0.538. The second kappa shape index (κ2) is 7.81. The standard InChI is InChI=1S/C22H19N5O2S/c1-27-12-11-17-18(13-27)30-22(23-17)24-19(28)14-7-9-16(10-8-14)21-26-25-20(29-21)15-5-3-2-4-6-15/h2-10H,11-13H2,1H3,(H,23,24,28). The van der Waals surface area contributed by atoms with Gasteiger partial charge in [0.25, 0.3) is 5.91 Å². The monoisotopic (exact) mass is 417 g/mol. The number of rotatable bonds is 4. The van der Waals surface area contributed by atoms with E-state index < -0.39 is 0 Å². The summed E-state index contributed by atoms with van der Waals surface area (Å²) in [6.07, 6.45) is 0.919. The number of anilines is 1. The van der Waals surface area contributed by atoms with Crippen molar-refractivity contribution in [3.8, 4) is 22.9 Å². The maximum Gasteiger partial charge on any atom is 0.257 e. The third kappa shape index (κ3) is 3.74. The minimum atomic E-state index is -0.184. The van der Waals surface area contributed by atoms with Gasteiger partial charge in [-0.3, -0.25) is 10.1 Å². The van der Waals surface area contributed by atoms with Crippen molar-refractivity contribution in [2.24, 2.45) is 0 Å². The Hall–Kier alpha value is -3.36. The molecule has 30 heavy (non-hydrogen) atoms. The minimum absolute atomic E-state index is 0.184. The Bertz CT molecular complexity index is 1180. The van der Waals surface area contributed by atoms with Gasteiger partial charge in [-0.25, -0.2) is 4.98 Å². The number of thiazole rings is 1. The summed E-state index contributed by atoms with van der Waals surface area (Å²) >= 11 is 1.54. The SMILES string of the molecule is CN1CCc2nc(NC(=O)c3ccc(-c4nnc(-c5ccccc5)o4)cc3)sc2C1. The minimum Gasteiger partial charge on any atom is -0.416 e.